The van der Waals surface area contributed by atoms with Gasteiger partial charge in [0.25, 0.3) is 0 Å². The molecule has 1 aliphatic carbocycles. The van der Waals surface area contributed by atoms with Gasteiger partial charge in [0.2, 0.25) is 0 Å². The quantitative estimate of drug-likeness (QED) is 0.654. The van der Waals surface area contributed by atoms with Crippen LogP contribution >= 0.6 is 24.8 Å². The van der Waals surface area contributed by atoms with Crippen molar-refractivity contribution in [3.63, 3.8) is 0 Å². The van der Waals surface area contributed by atoms with Gasteiger partial charge in [-0.15, -0.1) is 24.8 Å². The minimum absolute atomic E-state index is 0. The molecule has 1 saturated carbocycles. The molecule has 0 aromatic carbocycles. The highest BCUT2D eigenvalue weighted by Gasteiger charge is 2.60. The van der Waals surface area contributed by atoms with E-state index in [1.54, 1.807) is 6.92 Å². The van der Waals surface area contributed by atoms with Gasteiger partial charge in [-0.05, 0) is 19.8 Å². The Labute approximate surface area is 89.9 Å². The van der Waals surface area contributed by atoms with Crippen LogP contribution in [0.3, 0.4) is 0 Å². The van der Waals surface area contributed by atoms with Crippen molar-refractivity contribution in [2.75, 3.05) is 6.54 Å². The largest absolute Gasteiger partial charge is 0.481 e. The van der Waals surface area contributed by atoms with Crippen LogP contribution in [0, 0.1) is 5.41 Å². The van der Waals surface area contributed by atoms with E-state index in [2.05, 4.69) is 0 Å². The molecule has 13 heavy (non-hydrogen) atoms. The summed E-state index contributed by atoms with van der Waals surface area (Å²) in [6.45, 7) is 1.92. The molecule has 80 valence electrons. The number of hydrogen-bond donors (Lipinski definition) is 3. The summed E-state index contributed by atoms with van der Waals surface area (Å²) in [5, 5.41) is 8.83. The standard InChI is InChI=1S/C7H14N2O2.2ClH/c1-6(9,4-8)7(2-3-7)5(10)11;;/h2-4,8-9H2,1H3,(H,10,11);2*1H. The summed E-state index contributed by atoms with van der Waals surface area (Å²) in [5.41, 5.74) is 9.65. The van der Waals surface area contributed by atoms with E-state index < -0.39 is 16.9 Å². The van der Waals surface area contributed by atoms with E-state index in [4.69, 9.17) is 16.6 Å². The summed E-state index contributed by atoms with van der Waals surface area (Å²) in [5.74, 6) is -0.812. The highest BCUT2D eigenvalue weighted by molar-refractivity contribution is 5.85. The Morgan fingerprint density at radius 2 is 1.92 bits per heavy atom. The van der Waals surface area contributed by atoms with Crippen LogP contribution in [0.1, 0.15) is 19.8 Å². The van der Waals surface area contributed by atoms with Crippen LogP contribution in [-0.2, 0) is 4.79 Å². The summed E-state index contributed by atoms with van der Waals surface area (Å²) in [6, 6.07) is 0. The third-order valence-corrected chi connectivity index (χ3v) is 2.68. The van der Waals surface area contributed by atoms with E-state index in [1.165, 1.54) is 0 Å². The molecule has 0 aliphatic heterocycles. The molecule has 1 rings (SSSR count). The summed E-state index contributed by atoms with van der Waals surface area (Å²) in [4.78, 5) is 10.8. The van der Waals surface area contributed by atoms with Crippen LogP contribution in [0.25, 0.3) is 0 Å². The zero-order valence-electron chi connectivity index (χ0n) is 7.45. The van der Waals surface area contributed by atoms with Crippen molar-refractivity contribution in [2.24, 2.45) is 16.9 Å². The lowest BCUT2D eigenvalue weighted by atomic mass is 9.83. The normalized spacial score (nSPS) is 21.8. The summed E-state index contributed by atoms with van der Waals surface area (Å²) >= 11 is 0. The van der Waals surface area contributed by atoms with Crippen molar-refractivity contribution >= 4 is 30.8 Å². The van der Waals surface area contributed by atoms with Gasteiger partial charge < -0.3 is 16.6 Å². The van der Waals surface area contributed by atoms with E-state index in [0.717, 1.165) is 0 Å². The molecular weight excluding hydrogens is 215 g/mol. The van der Waals surface area contributed by atoms with E-state index in [9.17, 15) is 4.79 Å². The van der Waals surface area contributed by atoms with Crippen molar-refractivity contribution in [3.8, 4) is 0 Å². The van der Waals surface area contributed by atoms with Gasteiger partial charge in [-0.25, -0.2) is 0 Å². The number of nitrogens with two attached hydrogens (primary N) is 2. The van der Waals surface area contributed by atoms with Crippen LogP contribution in [0.2, 0.25) is 0 Å². The fraction of sp³-hybridized carbons (Fsp3) is 0.857. The third-order valence-electron chi connectivity index (χ3n) is 2.68. The van der Waals surface area contributed by atoms with E-state index in [-0.39, 0.29) is 31.4 Å². The lowest BCUT2D eigenvalue weighted by Gasteiger charge is -2.29. The van der Waals surface area contributed by atoms with Crippen molar-refractivity contribution in [2.45, 2.75) is 25.3 Å². The zero-order chi connectivity index (χ0) is 8.70. The maximum Gasteiger partial charge on any atom is 0.311 e. The number of carbonyl (C=O) groups is 1. The highest BCUT2D eigenvalue weighted by Crippen LogP contribution is 2.52. The predicted octanol–water partition coefficient (Wildman–Crippen LogP) is 0.371. The molecular formula is C7H16Cl2N2O2. The fourth-order valence-electron chi connectivity index (χ4n) is 1.35. The molecule has 0 spiro atoms. The van der Waals surface area contributed by atoms with Gasteiger partial charge in [0, 0.05) is 12.1 Å². The van der Waals surface area contributed by atoms with Gasteiger partial charge in [-0.3, -0.25) is 4.79 Å². The Morgan fingerprint density at radius 3 is 2.00 bits per heavy atom. The Hall–Kier alpha value is -0.0300. The average molecular weight is 231 g/mol. The number of rotatable bonds is 3. The first kappa shape index (κ1) is 15.4. The minimum Gasteiger partial charge on any atom is -0.481 e. The molecule has 6 heteroatoms. The average Bonchev–Trinajstić information content (AvgIpc) is 2.66. The van der Waals surface area contributed by atoms with Gasteiger partial charge in [-0.1, -0.05) is 0 Å². The smallest absolute Gasteiger partial charge is 0.311 e. The topological polar surface area (TPSA) is 89.3 Å². The maximum absolute atomic E-state index is 10.8. The monoisotopic (exact) mass is 230 g/mol. The number of carboxylic acid groups (broad SMARTS) is 1. The lowest BCUT2D eigenvalue weighted by Crippen LogP contribution is -2.54. The number of hydrogen-bond acceptors (Lipinski definition) is 3. The molecule has 0 aromatic rings. The number of carboxylic acids is 1. The molecule has 0 aromatic heterocycles. The van der Waals surface area contributed by atoms with Crippen molar-refractivity contribution in [1.82, 2.24) is 0 Å². The third kappa shape index (κ3) is 2.26. The highest BCUT2D eigenvalue weighted by atomic mass is 35.5. The fourth-order valence-corrected chi connectivity index (χ4v) is 1.35. The van der Waals surface area contributed by atoms with Crippen molar-refractivity contribution in [1.29, 1.82) is 0 Å². The second-order valence-corrected chi connectivity index (χ2v) is 3.51. The first-order chi connectivity index (χ1) is 4.96. The molecule has 0 amide bonds. The Balaban J connectivity index is 0. The SMILES string of the molecule is CC(N)(CN)C1(C(=O)O)CC1.Cl.Cl. The minimum atomic E-state index is -0.812. The summed E-state index contributed by atoms with van der Waals surface area (Å²) in [6.07, 6.45) is 1.32. The molecule has 1 fully saturated rings. The van der Waals surface area contributed by atoms with Gasteiger partial charge in [0.05, 0.1) is 5.41 Å². The molecule has 0 saturated heterocycles. The van der Waals surface area contributed by atoms with Gasteiger partial charge >= 0.3 is 5.97 Å². The second-order valence-electron chi connectivity index (χ2n) is 3.51. The molecule has 1 unspecified atom stereocenters. The van der Waals surface area contributed by atoms with Gasteiger partial charge in [0.1, 0.15) is 0 Å². The van der Waals surface area contributed by atoms with Gasteiger partial charge in [-0.2, -0.15) is 0 Å². The molecule has 5 N–H and O–H groups in total. The van der Waals surface area contributed by atoms with Gasteiger partial charge in [0.15, 0.2) is 0 Å². The van der Waals surface area contributed by atoms with E-state index in [1.807, 2.05) is 0 Å². The van der Waals surface area contributed by atoms with Crippen LogP contribution in [0.4, 0.5) is 0 Å². The Morgan fingerprint density at radius 1 is 1.54 bits per heavy atom. The molecule has 1 aliphatic rings. The number of halogens is 2. The van der Waals surface area contributed by atoms with Crippen LogP contribution in [0.5, 0.6) is 0 Å². The first-order valence-corrected chi connectivity index (χ1v) is 3.69. The van der Waals surface area contributed by atoms with Crippen LogP contribution < -0.4 is 11.5 Å². The van der Waals surface area contributed by atoms with Crippen molar-refractivity contribution < 1.29 is 9.90 Å². The van der Waals surface area contributed by atoms with E-state index in [0.29, 0.717) is 12.8 Å². The number of aliphatic carboxylic acids is 1. The molecule has 0 heterocycles. The molecule has 0 radical (unpaired) electrons. The Bertz CT molecular complexity index is 193. The summed E-state index contributed by atoms with van der Waals surface area (Å²) < 4.78 is 0. The second kappa shape index (κ2) is 4.46. The van der Waals surface area contributed by atoms with Crippen LogP contribution in [0.15, 0.2) is 0 Å². The zero-order valence-corrected chi connectivity index (χ0v) is 9.08. The molecule has 0 bridgehead atoms. The predicted molar refractivity (Wildman–Crippen MR) is 55.4 cm³/mol. The Kier molecular flexibility index (Phi) is 5.30. The first-order valence-electron chi connectivity index (χ1n) is 3.69. The lowest BCUT2D eigenvalue weighted by molar-refractivity contribution is -0.145. The maximum atomic E-state index is 10.8. The van der Waals surface area contributed by atoms with Crippen LogP contribution in [-0.4, -0.2) is 23.2 Å². The summed E-state index contributed by atoms with van der Waals surface area (Å²) in [7, 11) is 0. The van der Waals surface area contributed by atoms with Crippen molar-refractivity contribution in [3.05, 3.63) is 0 Å². The molecule has 1 atom stereocenters. The molecule has 4 nitrogen and oxygen atoms in total. The van der Waals surface area contributed by atoms with E-state index >= 15 is 0 Å².